The van der Waals surface area contributed by atoms with Crippen LogP contribution in [0.1, 0.15) is 37.3 Å². The quantitative estimate of drug-likeness (QED) is 0.469. The minimum atomic E-state index is -0.0355. The van der Waals surface area contributed by atoms with E-state index in [4.69, 9.17) is 4.74 Å². The second-order valence-electron chi connectivity index (χ2n) is 10.2. The summed E-state index contributed by atoms with van der Waals surface area (Å²) in [6.07, 6.45) is 5.59. The third kappa shape index (κ3) is 4.51. The first-order valence-corrected chi connectivity index (χ1v) is 12.7. The Morgan fingerprint density at radius 3 is 2.47 bits per heavy atom. The van der Waals surface area contributed by atoms with Crippen LogP contribution in [0.4, 0.5) is 0 Å². The van der Waals surface area contributed by atoms with Crippen LogP contribution in [0.2, 0.25) is 0 Å². The van der Waals surface area contributed by atoms with Crippen LogP contribution in [-0.2, 0) is 29.2 Å². The van der Waals surface area contributed by atoms with Gasteiger partial charge in [0, 0.05) is 55.2 Å². The van der Waals surface area contributed by atoms with Crippen molar-refractivity contribution in [3.63, 3.8) is 0 Å². The molecule has 2 fully saturated rings. The summed E-state index contributed by atoms with van der Waals surface area (Å²) in [5.74, 6) is -0.0681. The van der Waals surface area contributed by atoms with Crippen molar-refractivity contribution in [1.82, 2.24) is 14.4 Å². The van der Waals surface area contributed by atoms with E-state index in [1.165, 1.54) is 29.1 Å². The highest BCUT2D eigenvalue weighted by atomic mass is 16.5. The molecule has 1 unspecified atom stereocenters. The Bertz CT molecular complexity index is 1110. The molecule has 3 heterocycles. The number of ether oxygens (including phenoxy) is 1. The lowest BCUT2D eigenvalue weighted by Crippen LogP contribution is -2.46. The van der Waals surface area contributed by atoms with Gasteiger partial charge in [-0.3, -0.25) is 14.6 Å². The summed E-state index contributed by atoms with van der Waals surface area (Å²) in [5.41, 5.74) is 4.09. The van der Waals surface area contributed by atoms with E-state index in [0.29, 0.717) is 0 Å². The number of rotatable bonds is 7. The van der Waals surface area contributed by atoms with Crippen molar-refractivity contribution in [2.45, 2.75) is 45.8 Å². The molecule has 1 atom stereocenters. The number of benzene rings is 2. The molecule has 0 bridgehead atoms. The lowest BCUT2D eigenvalue weighted by atomic mass is 9.70. The van der Waals surface area contributed by atoms with Crippen molar-refractivity contribution < 1.29 is 9.53 Å². The molecule has 34 heavy (non-hydrogen) atoms. The molecule has 0 amide bonds. The van der Waals surface area contributed by atoms with E-state index in [1.807, 2.05) is 0 Å². The Hall–Kier alpha value is -2.63. The van der Waals surface area contributed by atoms with Crippen molar-refractivity contribution in [2.24, 2.45) is 11.3 Å². The maximum Gasteiger partial charge on any atom is 0.310 e. The van der Waals surface area contributed by atoms with Crippen molar-refractivity contribution in [3.8, 4) is 0 Å². The second kappa shape index (κ2) is 9.93. The summed E-state index contributed by atoms with van der Waals surface area (Å²) < 4.78 is 7.68. The summed E-state index contributed by atoms with van der Waals surface area (Å²) in [4.78, 5) is 17.8. The topological polar surface area (TPSA) is 37.7 Å². The smallest absolute Gasteiger partial charge is 0.310 e. The molecule has 0 saturated carbocycles. The molecule has 2 aliphatic heterocycles. The summed E-state index contributed by atoms with van der Waals surface area (Å²) >= 11 is 0. The number of nitrogens with zero attached hydrogens (tertiary/aromatic N) is 3. The van der Waals surface area contributed by atoms with Crippen molar-refractivity contribution in [1.29, 1.82) is 0 Å². The minimum Gasteiger partial charge on any atom is -0.469 e. The van der Waals surface area contributed by atoms with Gasteiger partial charge in [0.2, 0.25) is 0 Å². The average Bonchev–Trinajstić information content (AvgIpc) is 3.39. The number of carbonyl (C=O) groups excluding carboxylic acids is 1. The van der Waals surface area contributed by atoms with Crippen LogP contribution in [0.5, 0.6) is 0 Å². The number of likely N-dealkylation sites (tertiary alicyclic amines) is 2. The van der Waals surface area contributed by atoms with Crippen LogP contribution >= 0.6 is 0 Å². The minimum absolute atomic E-state index is 0.0224. The Kier molecular flexibility index (Phi) is 6.75. The highest BCUT2D eigenvalue weighted by Gasteiger charge is 2.51. The number of methoxy groups -OCH3 is 1. The summed E-state index contributed by atoms with van der Waals surface area (Å²) in [6.45, 7) is 9.00. The number of hydrogen-bond acceptors (Lipinski definition) is 4. The average molecular weight is 460 g/mol. The SMILES string of the molecule is CCCn1cc(CN2CCC3(CC2)CN(Cc2ccccc2)CC3C(=O)OC)c2ccccc21. The number of carbonyl (C=O) groups is 1. The van der Waals surface area contributed by atoms with Gasteiger partial charge >= 0.3 is 5.97 Å². The number of hydrogen-bond donors (Lipinski definition) is 0. The Labute approximate surface area is 203 Å². The molecule has 1 spiro atoms. The van der Waals surface area contributed by atoms with Crippen LogP contribution in [0.3, 0.4) is 0 Å². The third-order valence-corrected chi connectivity index (χ3v) is 8.03. The molecule has 180 valence electrons. The zero-order chi connectivity index (χ0) is 23.5. The number of aromatic nitrogens is 1. The largest absolute Gasteiger partial charge is 0.469 e. The Balaban J connectivity index is 1.29. The molecule has 2 saturated heterocycles. The van der Waals surface area contributed by atoms with Crippen molar-refractivity contribution in [3.05, 3.63) is 71.9 Å². The monoisotopic (exact) mass is 459 g/mol. The number of fused-ring (bicyclic) bond motifs is 1. The lowest BCUT2D eigenvalue weighted by Gasteiger charge is -2.41. The molecule has 3 aromatic rings. The molecular weight excluding hydrogens is 422 g/mol. The molecule has 2 aromatic carbocycles. The maximum absolute atomic E-state index is 12.8. The van der Waals surface area contributed by atoms with Gasteiger partial charge in [0.25, 0.3) is 0 Å². The van der Waals surface area contributed by atoms with Crippen molar-refractivity contribution in [2.75, 3.05) is 33.3 Å². The Morgan fingerprint density at radius 1 is 1.00 bits per heavy atom. The van der Waals surface area contributed by atoms with Crippen LogP contribution in [-0.4, -0.2) is 53.6 Å². The third-order valence-electron chi connectivity index (χ3n) is 8.03. The zero-order valence-electron chi connectivity index (χ0n) is 20.6. The normalized spacial score (nSPS) is 20.8. The molecule has 5 heteroatoms. The van der Waals surface area contributed by atoms with E-state index in [1.54, 1.807) is 0 Å². The standard InChI is InChI=1S/C29H37N3O2/c1-3-15-32-20-24(25-11-7-8-12-27(25)32)19-30-16-13-29(14-17-30)22-31(21-26(29)28(33)34-2)18-23-9-5-4-6-10-23/h4-12,20,26H,3,13-19,21-22H2,1-2H3. The fraction of sp³-hybridized carbons (Fsp3) is 0.483. The van der Waals surface area contributed by atoms with Crippen molar-refractivity contribution >= 4 is 16.9 Å². The van der Waals surface area contributed by atoms with Crippen LogP contribution in [0.25, 0.3) is 10.9 Å². The molecule has 5 rings (SSSR count). The molecular formula is C29H37N3O2. The van der Waals surface area contributed by atoms with E-state index in [-0.39, 0.29) is 17.3 Å². The fourth-order valence-electron chi connectivity index (χ4n) is 6.28. The van der Waals surface area contributed by atoms with Gasteiger partial charge in [-0.2, -0.15) is 0 Å². The van der Waals surface area contributed by atoms with E-state index < -0.39 is 0 Å². The van der Waals surface area contributed by atoms with Gasteiger partial charge in [0.05, 0.1) is 13.0 Å². The zero-order valence-corrected chi connectivity index (χ0v) is 20.6. The van der Waals surface area contributed by atoms with E-state index in [2.05, 4.69) is 82.1 Å². The maximum atomic E-state index is 12.8. The molecule has 2 aliphatic rings. The highest BCUT2D eigenvalue weighted by molar-refractivity contribution is 5.84. The van der Waals surface area contributed by atoms with Gasteiger partial charge in [-0.15, -0.1) is 0 Å². The first-order valence-electron chi connectivity index (χ1n) is 12.7. The van der Waals surface area contributed by atoms with E-state index in [9.17, 15) is 4.79 Å². The summed E-state index contributed by atoms with van der Waals surface area (Å²) in [5, 5.41) is 1.37. The van der Waals surface area contributed by atoms with Gasteiger partial charge in [-0.1, -0.05) is 55.5 Å². The summed E-state index contributed by atoms with van der Waals surface area (Å²) in [7, 11) is 1.54. The second-order valence-corrected chi connectivity index (χ2v) is 10.2. The first-order chi connectivity index (χ1) is 16.6. The molecule has 0 N–H and O–H groups in total. The number of piperidine rings is 1. The first kappa shape index (κ1) is 23.1. The molecule has 0 radical (unpaired) electrons. The predicted octanol–water partition coefficient (Wildman–Crippen LogP) is 4.94. The Morgan fingerprint density at radius 2 is 1.74 bits per heavy atom. The molecule has 0 aliphatic carbocycles. The van der Waals surface area contributed by atoms with Gasteiger partial charge in [-0.25, -0.2) is 0 Å². The van der Waals surface area contributed by atoms with E-state index in [0.717, 1.165) is 65.1 Å². The van der Waals surface area contributed by atoms with Crippen LogP contribution in [0, 0.1) is 11.3 Å². The fourth-order valence-corrected chi connectivity index (χ4v) is 6.28. The predicted molar refractivity (Wildman–Crippen MR) is 136 cm³/mol. The van der Waals surface area contributed by atoms with Gasteiger partial charge in [-0.05, 0) is 49.5 Å². The van der Waals surface area contributed by atoms with Gasteiger partial charge in [0.1, 0.15) is 0 Å². The number of esters is 1. The summed E-state index contributed by atoms with van der Waals surface area (Å²) in [6, 6.07) is 19.4. The van der Waals surface area contributed by atoms with Gasteiger partial charge < -0.3 is 9.30 Å². The number of para-hydroxylation sites is 1. The molecule has 1 aromatic heterocycles. The lowest BCUT2D eigenvalue weighted by molar-refractivity contribution is -0.149. The number of aryl methyl sites for hydroxylation is 1. The van der Waals surface area contributed by atoms with Gasteiger partial charge in [0.15, 0.2) is 0 Å². The highest BCUT2D eigenvalue weighted by Crippen LogP contribution is 2.46. The van der Waals surface area contributed by atoms with Crippen LogP contribution in [0.15, 0.2) is 60.8 Å². The van der Waals surface area contributed by atoms with E-state index >= 15 is 0 Å². The molecule has 5 nitrogen and oxygen atoms in total. The van der Waals surface area contributed by atoms with Crippen LogP contribution < -0.4 is 0 Å².